The lowest BCUT2D eigenvalue weighted by molar-refractivity contribution is 0.482. The first-order chi connectivity index (χ1) is 23.0. The number of aromatic amines is 1. The maximum Gasteiger partial charge on any atom is 0.294 e. The monoisotopic (exact) mass is 676 g/mol. The van der Waals surface area contributed by atoms with Crippen LogP contribution in [0.25, 0.3) is 10.8 Å². The molecule has 1 aromatic heterocycles. The van der Waals surface area contributed by atoms with E-state index in [0.29, 0.717) is 33.8 Å². The predicted octanol–water partition coefficient (Wildman–Crippen LogP) is 2.50. The number of nitrogens with one attached hydrogen (secondary N) is 2. The second kappa shape index (κ2) is 9.91. The van der Waals surface area contributed by atoms with Gasteiger partial charge in [0.1, 0.15) is 22.6 Å². The van der Waals surface area contributed by atoms with Gasteiger partial charge in [0, 0.05) is 38.6 Å². The molecule has 16 heteroatoms. The van der Waals surface area contributed by atoms with Gasteiger partial charge in [-0.15, -0.1) is 0 Å². The number of H-pyrrole nitrogens is 1. The molecular formula is C32H20N8O6S2. The number of aromatic nitrogens is 1. The highest BCUT2D eigenvalue weighted by atomic mass is 32.2. The number of aliphatic imine (C=N–C) groups is 4. The fraction of sp³-hybridized carbons (Fsp3) is 0.0625. The van der Waals surface area contributed by atoms with Crippen molar-refractivity contribution in [2.45, 2.75) is 11.1 Å². The Kier molecular flexibility index (Phi) is 5.89. The van der Waals surface area contributed by atoms with Crippen LogP contribution in [-0.2, 0) is 20.2 Å². The number of hydrogen-bond donors (Lipinski definition) is 4. The van der Waals surface area contributed by atoms with Crippen LogP contribution in [-0.4, -0.2) is 54.3 Å². The van der Waals surface area contributed by atoms with Crippen LogP contribution >= 0.6 is 0 Å². The van der Waals surface area contributed by atoms with Gasteiger partial charge in [0.2, 0.25) is 0 Å². The first-order valence-corrected chi connectivity index (χ1v) is 17.4. The Hall–Kier alpha value is -5.68. The Bertz CT molecular complexity index is 2770. The minimum absolute atomic E-state index is 0.109. The molecule has 0 amide bonds. The van der Waals surface area contributed by atoms with Crippen molar-refractivity contribution in [2.24, 2.45) is 35.9 Å². The zero-order valence-corrected chi connectivity index (χ0v) is 25.9. The van der Waals surface area contributed by atoms with E-state index in [1.165, 1.54) is 30.4 Å². The number of allylic oxidation sites excluding steroid dienone is 2. The molecule has 0 spiro atoms. The predicted molar refractivity (Wildman–Crippen MR) is 176 cm³/mol. The van der Waals surface area contributed by atoms with Crippen molar-refractivity contribution in [3.63, 3.8) is 0 Å². The summed E-state index contributed by atoms with van der Waals surface area (Å²) in [5.74, 6) is 0.662. The molecule has 5 aliphatic rings. The highest BCUT2D eigenvalue weighted by Gasteiger charge is 2.35. The molecule has 236 valence electrons. The molecule has 0 saturated carbocycles. The summed E-state index contributed by atoms with van der Waals surface area (Å²) in [5.41, 5.74) is 3.60. The molecule has 0 radical (unpaired) electrons. The third kappa shape index (κ3) is 4.45. The molecule has 8 bridgehead atoms. The topological polar surface area (TPSA) is 211 Å². The van der Waals surface area contributed by atoms with E-state index in [0.717, 1.165) is 21.9 Å². The van der Waals surface area contributed by atoms with Crippen LogP contribution in [0.5, 0.6) is 0 Å². The molecule has 4 N–H and O–H groups in total. The average Bonchev–Trinajstić information content (AvgIpc) is 3.79. The van der Waals surface area contributed by atoms with Gasteiger partial charge in [0.25, 0.3) is 20.2 Å². The van der Waals surface area contributed by atoms with Crippen LogP contribution < -0.4 is 16.3 Å². The third-order valence-electron chi connectivity index (χ3n) is 8.49. The van der Waals surface area contributed by atoms with Gasteiger partial charge >= 0.3 is 0 Å². The van der Waals surface area contributed by atoms with E-state index < -0.39 is 32.3 Å². The summed E-state index contributed by atoms with van der Waals surface area (Å²) >= 11 is 0. The van der Waals surface area contributed by atoms with Crippen molar-refractivity contribution < 1.29 is 25.9 Å². The molecule has 2 unspecified atom stereocenters. The van der Waals surface area contributed by atoms with E-state index in [1.54, 1.807) is 6.08 Å². The zero-order valence-electron chi connectivity index (χ0n) is 24.3. The van der Waals surface area contributed by atoms with Crippen molar-refractivity contribution in [3.05, 3.63) is 134 Å². The summed E-state index contributed by atoms with van der Waals surface area (Å²) in [6.45, 7) is 0. The molecular weight excluding hydrogens is 657 g/mol. The molecule has 14 nitrogen and oxygen atoms in total. The zero-order chi connectivity index (χ0) is 32.9. The van der Waals surface area contributed by atoms with E-state index in [2.05, 4.69) is 15.3 Å². The Labute approximate surface area is 271 Å². The van der Waals surface area contributed by atoms with Gasteiger partial charge in [-0.2, -0.15) is 16.8 Å². The van der Waals surface area contributed by atoms with E-state index in [9.17, 15) is 25.9 Å². The van der Waals surface area contributed by atoms with Crippen molar-refractivity contribution in [2.75, 3.05) is 0 Å². The smallest absolute Gasteiger partial charge is 0.294 e. The Balaban J connectivity index is 1.37. The summed E-state index contributed by atoms with van der Waals surface area (Å²) in [4.78, 5) is 31.6. The number of nitrogens with zero attached hydrogens (tertiary/aromatic N) is 6. The standard InChI is InChI=1S/C32H20N8O6S2/c41-47(42,43)15-9-11-21-23(13-15)32-38-29(21)36-27-18-6-2-1-5-17(18)25(34-27)33-26-19-7-3-4-8-20(19)28(35-26)37-31-24-14-16(48(44,45)46)10-12-22(24)30(39-31)40-32/h1-14,21,25H,(H,34,36,38)(H,41,42,43)(H,44,45,46)(H,33,35,37,39,40). The molecule has 5 heterocycles. The Morgan fingerprint density at radius 3 is 2.23 bits per heavy atom. The van der Waals surface area contributed by atoms with Gasteiger partial charge in [0.15, 0.2) is 23.7 Å². The SMILES string of the molecule is O=S(=O)(O)C1=CC2=C3N=C4N=C(N=c5[nH]c(c6ccccc56)=NC5N=C(N=C(N3)C2C=C1)c1ccccc15)c1cc(S(=O)(=O)O)ccc14. The third-order valence-corrected chi connectivity index (χ3v) is 10.2. The molecule has 1 aliphatic carbocycles. The minimum atomic E-state index is -4.57. The van der Waals surface area contributed by atoms with Crippen molar-refractivity contribution >= 4 is 54.4 Å². The summed E-state index contributed by atoms with van der Waals surface area (Å²) in [5, 5.41) is 4.69. The van der Waals surface area contributed by atoms with E-state index in [4.69, 9.17) is 25.0 Å². The molecule has 4 aliphatic heterocycles. The average molecular weight is 677 g/mol. The molecule has 4 aromatic rings. The van der Waals surface area contributed by atoms with Crippen molar-refractivity contribution in [1.29, 1.82) is 0 Å². The van der Waals surface area contributed by atoms with E-state index in [1.807, 2.05) is 48.5 Å². The molecule has 2 atom stereocenters. The molecule has 48 heavy (non-hydrogen) atoms. The second-order valence-corrected chi connectivity index (χ2v) is 14.2. The van der Waals surface area contributed by atoms with Gasteiger partial charge in [-0.25, -0.2) is 30.0 Å². The van der Waals surface area contributed by atoms with E-state index >= 15 is 0 Å². The summed E-state index contributed by atoms with van der Waals surface area (Å²) < 4.78 is 68.1. The van der Waals surface area contributed by atoms with Crippen LogP contribution in [0.4, 0.5) is 0 Å². The highest BCUT2D eigenvalue weighted by Crippen LogP contribution is 2.36. The Morgan fingerprint density at radius 2 is 1.44 bits per heavy atom. The van der Waals surface area contributed by atoms with Crippen LogP contribution in [0.1, 0.15) is 28.4 Å². The van der Waals surface area contributed by atoms with Crippen molar-refractivity contribution in [1.82, 2.24) is 10.3 Å². The van der Waals surface area contributed by atoms with Gasteiger partial charge in [0.05, 0.1) is 15.7 Å². The molecule has 0 saturated heterocycles. The van der Waals surface area contributed by atoms with Gasteiger partial charge in [-0.3, -0.25) is 9.11 Å². The summed E-state index contributed by atoms with van der Waals surface area (Å²) in [6.07, 6.45) is 3.54. The van der Waals surface area contributed by atoms with Crippen LogP contribution in [0.15, 0.2) is 136 Å². The number of amidine groups is 4. The molecule has 9 rings (SSSR count). The van der Waals surface area contributed by atoms with Crippen LogP contribution in [0.2, 0.25) is 0 Å². The first kappa shape index (κ1) is 28.5. The van der Waals surface area contributed by atoms with Crippen LogP contribution in [0.3, 0.4) is 0 Å². The number of benzene rings is 3. The van der Waals surface area contributed by atoms with Crippen molar-refractivity contribution in [3.8, 4) is 0 Å². The fourth-order valence-electron chi connectivity index (χ4n) is 6.27. The lowest BCUT2D eigenvalue weighted by atomic mass is 9.96. The van der Waals surface area contributed by atoms with E-state index in [-0.39, 0.29) is 32.9 Å². The van der Waals surface area contributed by atoms with Crippen LogP contribution in [0, 0.1) is 5.92 Å². The highest BCUT2D eigenvalue weighted by molar-refractivity contribution is 7.90. The number of fused-ring (bicyclic) bond motifs is 17. The fourth-order valence-corrected chi connectivity index (χ4v) is 7.30. The second-order valence-electron chi connectivity index (χ2n) is 11.4. The van der Waals surface area contributed by atoms with Gasteiger partial charge in [-0.05, 0) is 30.4 Å². The first-order valence-electron chi connectivity index (χ1n) is 14.5. The number of rotatable bonds is 2. The molecule has 0 fully saturated rings. The maximum absolute atomic E-state index is 12.1. The maximum atomic E-state index is 12.1. The largest absolute Gasteiger partial charge is 0.327 e. The quantitative estimate of drug-likeness (QED) is 0.233. The van der Waals surface area contributed by atoms with Gasteiger partial charge in [-0.1, -0.05) is 54.6 Å². The van der Waals surface area contributed by atoms with Gasteiger partial charge < -0.3 is 10.3 Å². The number of hydrogen-bond acceptors (Lipinski definition) is 11. The Morgan fingerprint density at radius 1 is 0.688 bits per heavy atom. The normalized spacial score (nSPS) is 20.8. The lowest BCUT2D eigenvalue weighted by Crippen LogP contribution is -2.23. The minimum Gasteiger partial charge on any atom is -0.327 e. The summed E-state index contributed by atoms with van der Waals surface area (Å²) in [7, 11) is -9.13. The molecule has 3 aromatic carbocycles. The summed E-state index contributed by atoms with van der Waals surface area (Å²) in [6, 6.07) is 19.1. The lowest BCUT2D eigenvalue weighted by Gasteiger charge is -2.13.